The highest BCUT2D eigenvalue weighted by Crippen LogP contribution is 2.22. The van der Waals surface area contributed by atoms with Gasteiger partial charge in [-0.05, 0) is 19.1 Å². The maximum absolute atomic E-state index is 12.4. The monoisotopic (exact) mass is 354 g/mol. The molecule has 3 heterocycles. The lowest BCUT2D eigenvalue weighted by Gasteiger charge is -2.16. The molecule has 8 nitrogen and oxygen atoms in total. The summed E-state index contributed by atoms with van der Waals surface area (Å²) in [5.41, 5.74) is 3.84. The van der Waals surface area contributed by atoms with Crippen LogP contribution in [0, 0.1) is 6.92 Å². The molecule has 0 radical (unpaired) electrons. The average Bonchev–Trinajstić information content (AvgIpc) is 3.00. The van der Waals surface area contributed by atoms with Crippen molar-refractivity contribution in [3.05, 3.63) is 47.7 Å². The van der Waals surface area contributed by atoms with E-state index in [2.05, 4.69) is 20.3 Å². The molecule has 0 fully saturated rings. The Morgan fingerprint density at radius 1 is 1.31 bits per heavy atom. The van der Waals surface area contributed by atoms with Gasteiger partial charge in [0.1, 0.15) is 17.7 Å². The Morgan fingerprint density at radius 2 is 2.12 bits per heavy atom. The first-order valence-electron chi connectivity index (χ1n) is 8.33. The van der Waals surface area contributed by atoms with Crippen LogP contribution in [0.2, 0.25) is 0 Å². The molecule has 26 heavy (non-hydrogen) atoms. The van der Waals surface area contributed by atoms with Crippen LogP contribution >= 0.6 is 0 Å². The van der Waals surface area contributed by atoms with E-state index in [-0.39, 0.29) is 19.1 Å². The summed E-state index contributed by atoms with van der Waals surface area (Å²) >= 11 is 0. The Labute approximate surface area is 151 Å². The number of fused-ring (bicyclic) bond motifs is 1. The average molecular weight is 354 g/mol. The van der Waals surface area contributed by atoms with Crippen molar-refractivity contribution in [3.8, 4) is 0 Å². The molecule has 0 aliphatic rings. The molecule has 0 unspecified atom stereocenters. The van der Waals surface area contributed by atoms with Gasteiger partial charge in [-0.25, -0.2) is 9.97 Å². The van der Waals surface area contributed by atoms with Gasteiger partial charge in [0.05, 0.1) is 29.9 Å². The van der Waals surface area contributed by atoms with Gasteiger partial charge in [-0.3, -0.25) is 9.78 Å². The largest absolute Gasteiger partial charge is 0.395 e. The van der Waals surface area contributed by atoms with Crippen LogP contribution in [0.5, 0.6) is 0 Å². The van der Waals surface area contributed by atoms with Crippen LogP contribution in [0.1, 0.15) is 21.6 Å². The number of hydrogen-bond donors (Lipinski definition) is 2. The zero-order valence-corrected chi connectivity index (χ0v) is 15.1. The normalized spacial score (nSPS) is 10.9. The highest BCUT2D eigenvalue weighted by molar-refractivity contribution is 6.05. The molecule has 3 aromatic heterocycles. The number of aromatic nitrogens is 4. The smallest absolute Gasteiger partial charge is 0.255 e. The first-order valence-corrected chi connectivity index (χ1v) is 8.33. The maximum atomic E-state index is 12.4. The molecule has 0 spiro atoms. The number of rotatable bonds is 6. The van der Waals surface area contributed by atoms with E-state index < -0.39 is 0 Å². The molecular formula is C18H22N6O2. The molecule has 1 amide bonds. The van der Waals surface area contributed by atoms with Gasteiger partial charge in [-0.2, -0.15) is 0 Å². The van der Waals surface area contributed by atoms with Gasteiger partial charge < -0.3 is 19.9 Å². The minimum atomic E-state index is -0.255. The molecule has 0 atom stereocenters. The molecule has 0 saturated carbocycles. The van der Waals surface area contributed by atoms with Crippen LogP contribution < -0.4 is 10.2 Å². The lowest BCUT2D eigenvalue weighted by atomic mass is 10.2. The van der Waals surface area contributed by atoms with E-state index in [9.17, 15) is 4.79 Å². The highest BCUT2D eigenvalue weighted by atomic mass is 16.3. The molecule has 0 aliphatic heterocycles. The summed E-state index contributed by atoms with van der Waals surface area (Å²) < 4.78 is 1.96. The second-order valence-corrected chi connectivity index (χ2v) is 6.18. The van der Waals surface area contributed by atoms with E-state index in [1.807, 2.05) is 42.6 Å². The molecule has 3 aromatic rings. The Hall–Kier alpha value is -3.00. The number of amides is 1. The van der Waals surface area contributed by atoms with Gasteiger partial charge in [0, 0.05) is 38.6 Å². The third-order valence-electron chi connectivity index (χ3n) is 4.18. The van der Waals surface area contributed by atoms with E-state index in [0.29, 0.717) is 17.6 Å². The Morgan fingerprint density at radius 3 is 2.85 bits per heavy atom. The SMILES string of the molecule is Cc1c(Cn2cc(C(=O)NCCO)c3ncccc32)ncnc1N(C)C. The van der Waals surface area contributed by atoms with Gasteiger partial charge in [-0.1, -0.05) is 0 Å². The molecule has 2 N–H and O–H groups in total. The van der Waals surface area contributed by atoms with Crippen molar-refractivity contribution in [3.63, 3.8) is 0 Å². The third-order valence-corrected chi connectivity index (χ3v) is 4.18. The molecule has 0 saturated heterocycles. The van der Waals surface area contributed by atoms with Crippen LogP contribution in [0.3, 0.4) is 0 Å². The lowest BCUT2D eigenvalue weighted by molar-refractivity contribution is 0.0946. The number of anilines is 1. The minimum Gasteiger partial charge on any atom is -0.395 e. The molecule has 8 heteroatoms. The summed E-state index contributed by atoms with van der Waals surface area (Å²) in [5.74, 6) is 0.611. The number of carbonyl (C=O) groups is 1. The Bertz CT molecular complexity index is 935. The first-order chi connectivity index (χ1) is 12.5. The first kappa shape index (κ1) is 17.8. The maximum Gasteiger partial charge on any atom is 0.255 e. The number of nitrogens with one attached hydrogen (secondary N) is 1. The van der Waals surface area contributed by atoms with E-state index in [0.717, 1.165) is 22.6 Å². The van der Waals surface area contributed by atoms with Crippen LogP contribution in [-0.2, 0) is 6.54 Å². The number of aliphatic hydroxyl groups excluding tert-OH is 1. The summed E-state index contributed by atoms with van der Waals surface area (Å²) in [7, 11) is 3.88. The highest BCUT2D eigenvalue weighted by Gasteiger charge is 2.17. The van der Waals surface area contributed by atoms with Crippen LogP contribution in [0.4, 0.5) is 5.82 Å². The zero-order valence-electron chi connectivity index (χ0n) is 15.1. The van der Waals surface area contributed by atoms with Gasteiger partial charge in [0.2, 0.25) is 0 Å². The fourth-order valence-electron chi connectivity index (χ4n) is 2.93. The standard InChI is InChI=1S/C18H22N6O2/c1-12-14(21-11-22-17(12)23(2)3)10-24-9-13(18(26)20-7-8-25)16-15(24)5-4-6-19-16/h4-6,9,11,25H,7-8,10H2,1-3H3,(H,20,26). The van der Waals surface area contributed by atoms with E-state index >= 15 is 0 Å². The summed E-state index contributed by atoms with van der Waals surface area (Å²) in [6.45, 7) is 2.59. The summed E-state index contributed by atoms with van der Waals surface area (Å²) in [6.07, 6.45) is 4.99. The number of aliphatic hydroxyl groups is 1. The van der Waals surface area contributed by atoms with Crippen molar-refractivity contribution in [2.75, 3.05) is 32.1 Å². The molecule has 0 bridgehead atoms. The third kappa shape index (κ3) is 3.36. The van der Waals surface area contributed by atoms with E-state index in [1.54, 1.807) is 18.7 Å². The number of nitrogens with zero attached hydrogens (tertiary/aromatic N) is 5. The van der Waals surface area contributed by atoms with Gasteiger partial charge in [0.15, 0.2) is 0 Å². The predicted molar refractivity (Wildman–Crippen MR) is 99.4 cm³/mol. The molecule has 136 valence electrons. The Balaban J connectivity index is 2.01. The van der Waals surface area contributed by atoms with Crippen molar-refractivity contribution in [1.82, 2.24) is 24.8 Å². The van der Waals surface area contributed by atoms with Crippen LogP contribution in [0.15, 0.2) is 30.9 Å². The summed E-state index contributed by atoms with van der Waals surface area (Å²) in [6, 6.07) is 3.76. The second kappa shape index (κ2) is 7.49. The fraction of sp³-hybridized carbons (Fsp3) is 0.333. The van der Waals surface area contributed by atoms with Crippen molar-refractivity contribution in [2.45, 2.75) is 13.5 Å². The molecule has 0 aliphatic carbocycles. The Kier molecular flexibility index (Phi) is 5.13. The van der Waals surface area contributed by atoms with Crippen LogP contribution in [0.25, 0.3) is 11.0 Å². The number of carbonyl (C=O) groups excluding carboxylic acids is 1. The topological polar surface area (TPSA) is 96.2 Å². The zero-order chi connectivity index (χ0) is 18.7. The number of hydrogen-bond acceptors (Lipinski definition) is 6. The van der Waals surface area contributed by atoms with E-state index in [1.165, 1.54) is 0 Å². The van der Waals surface area contributed by atoms with Gasteiger partial charge in [-0.15, -0.1) is 0 Å². The molecule has 0 aromatic carbocycles. The quantitative estimate of drug-likeness (QED) is 0.685. The van der Waals surface area contributed by atoms with Crippen molar-refractivity contribution < 1.29 is 9.90 Å². The van der Waals surface area contributed by atoms with Gasteiger partial charge >= 0.3 is 0 Å². The van der Waals surface area contributed by atoms with Crippen molar-refractivity contribution in [2.24, 2.45) is 0 Å². The van der Waals surface area contributed by atoms with Gasteiger partial charge in [0.25, 0.3) is 5.91 Å². The summed E-state index contributed by atoms with van der Waals surface area (Å²) in [5, 5.41) is 11.6. The second-order valence-electron chi connectivity index (χ2n) is 6.18. The predicted octanol–water partition coefficient (Wildman–Crippen LogP) is 0.971. The lowest BCUT2D eigenvalue weighted by Crippen LogP contribution is -2.26. The molecular weight excluding hydrogens is 332 g/mol. The minimum absolute atomic E-state index is 0.106. The van der Waals surface area contributed by atoms with E-state index in [4.69, 9.17) is 5.11 Å². The van der Waals surface area contributed by atoms with Crippen molar-refractivity contribution in [1.29, 1.82) is 0 Å². The number of pyridine rings is 1. The fourth-order valence-corrected chi connectivity index (χ4v) is 2.93. The van der Waals surface area contributed by atoms with Crippen molar-refractivity contribution >= 4 is 22.8 Å². The molecule has 3 rings (SSSR count). The van der Waals surface area contributed by atoms with Crippen LogP contribution in [-0.4, -0.2) is 57.8 Å². The summed E-state index contributed by atoms with van der Waals surface area (Å²) in [4.78, 5) is 27.4.